The predicted octanol–water partition coefficient (Wildman–Crippen LogP) is -0.985. The third-order valence-corrected chi connectivity index (χ3v) is 1.13. The van der Waals surface area contributed by atoms with Gasteiger partial charge in [0.1, 0.15) is 0 Å². The van der Waals surface area contributed by atoms with Gasteiger partial charge in [0.05, 0.1) is 25.4 Å². The van der Waals surface area contributed by atoms with E-state index in [-0.39, 0.29) is 19.4 Å². The lowest BCUT2D eigenvalue weighted by molar-refractivity contribution is 0.0379. The summed E-state index contributed by atoms with van der Waals surface area (Å²) in [5.41, 5.74) is 0. The minimum atomic E-state index is -0.894. The molecule has 0 bridgehead atoms. The molecule has 0 fully saturated rings. The van der Waals surface area contributed by atoms with Crippen LogP contribution >= 0.6 is 0 Å². The molecule has 1 radical (unpaired) electrons. The summed E-state index contributed by atoms with van der Waals surface area (Å²) in [5, 5.41) is 34.1. The topological polar surface area (TPSA) is 80.9 Å². The highest BCUT2D eigenvalue weighted by molar-refractivity contribution is 4.65. The Morgan fingerprint density at radius 3 is 2.20 bits per heavy atom. The molecule has 0 aliphatic carbocycles. The summed E-state index contributed by atoms with van der Waals surface area (Å²) in [7, 11) is 0. The van der Waals surface area contributed by atoms with Gasteiger partial charge in [-0.25, -0.2) is 0 Å². The molecule has 0 saturated heterocycles. The van der Waals surface area contributed by atoms with E-state index in [1.165, 1.54) is 0 Å². The highest BCUT2D eigenvalue weighted by Crippen LogP contribution is 2.02. The zero-order chi connectivity index (χ0) is 7.98. The van der Waals surface area contributed by atoms with E-state index >= 15 is 0 Å². The summed E-state index contributed by atoms with van der Waals surface area (Å²) < 4.78 is 0. The maximum atomic E-state index is 8.89. The smallest absolute Gasteiger partial charge is 0.0824 e. The van der Waals surface area contributed by atoms with Gasteiger partial charge in [0.15, 0.2) is 0 Å². The highest BCUT2D eigenvalue weighted by atomic mass is 16.3. The fraction of sp³-hybridized carbons (Fsp3) is 0.833. The average molecular weight is 149 g/mol. The molecule has 61 valence electrons. The number of aliphatic hydroxyl groups excluding tert-OH is 4. The number of aliphatic hydroxyl groups is 4. The van der Waals surface area contributed by atoms with Gasteiger partial charge in [0.25, 0.3) is 0 Å². The second-order valence-electron chi connectivity index (χ2n) is 2.14. The van der Waals surface area contributed by atoms with E-state index < -0.39 is 12.2 Å². The van der Waals surface area contributed by atoms with E-state index in [1.807, 2.05) is 0 Å². The molecule has 4 nitrogen and oxygen atoms in total. The minimum absolute atomic E-state index is 0.0908. The van der Waals surface area contributed by atoms with Crippen LogP contribution in [0.25, 0.3) is 0 Å². The predicted molar refractivity (Wildman–Crippen MR) is 34.6 cm³/mol. The fourth-order valence-electron chi connectivity index (χ4n) is 0.606. The molecule has 4 N–H and O–H groups in total. The molecule has 0 aromatic carbocycles. The summed E-state index contributed by atoms with van der Waals surface area (Å²) >= 11 is 0. The summed E-state index contributed by atoms with van der Waals surface area (Å²) in [6.07, 6.45) is -1.45. The molecule has 0 aromatic heterocycles. The van der Waals surface area contributed by atoms with Crippen LogP contribution in [0.15, 0.2) is 0 Å². The van der Waals surface area contributed by atoms with E-state index in [1.54, 1.807) is 0 Å². The molecule has 0 aliphatic rings. The zero-order valence-electron chi connectivity index (χ0n) is 5.64. The maximum Gasteiger partial charge on any atom is 0.0824 e. The molecular weight excluding hydrogens is 136 g/mol. The maximum absolute atomic E-state index is 8.89. The third kappa shape index (κ3) is 4.69. The molecule has 0 amide bonds. The zero-order valence-corrected chi connectivity index (χ0v) is 5.64. The van der Waals surface area contributed by atoms with Crippen molar-refractivity contribution >= 4 is 0 Å². The van der Waals surface area contributed by atoms with E-state index in [0.29, 0.717) is 0 Å². The van der Waals surface area contributed by atoms with Gasteiger partial charge in [-0.05, 0) is 0 Å². The first-order valence-corrected chi connectivity index (χ1v) is 3.13. The van der Waals surface area contributed by atoms with Crippen LogP contribution in [0.5, 0.6) is 0 Å². The van der Waals surface area contributed by atoms with Gasteiger partial charge in [-0.1, -0.05) is 0 Å². The Morgan fingerprint density at radius 2 is 1.80 bits per heavy atom. The summed E-state index contributed by atoms with van der Waals surface area (Å²) in [6.45, 7) is 0.469. The largest absolute Gasteiger partial charge is 0.394 e. The van der Waals surface area contributed by atoms with Crippen LogP contribution in [0.4, 0.5) is 0 Å². The summed E-state index contributed by atoms with van der Waals surface area (Å²) in [6, 6.07) is 0. The number of hydrogen-bond donors (Lipinski definition) is 4. The van der Waals surface area contributed by atoms with Crippen molar-refractivity contribution in [2.75, 3.05) is 6.61 Å². The van der Waals surface area contributed by atoms with Crippen molar-refractivity contribution in [3.8, 4) is 0 Å². The molecule has 0 saturated carbocycles. The molecular formula is C6H13O4. The highest BCUT2D eigenvalue weighted by Gasteiger charge is 2.09. The van der Waals surface area contributed by atoms with Crippen molar-refractivity contribution in [1.29, 1.82) is 0 Å². The van der Waals surface area contributed by atoms with Crippen molar-refractivity contribution in [2.45, 2.75) is 25.0 Å². The minimum Gasteiger partial charge on any atom is -0.394 e. The molecule has 0 rings (SSSR count). The first kappa shape index (κ1) is 9.84. The van der Waals surface area contributed by atoms with E-state index in [4.69, 9.17) is 20.4 Å². The normalized spacial score (nSPS) is 16.8. The SMILES string of the molecule is O[CH]CC(O)CC(O)CO. The molecule has 0 spiro atoms. The second-order valence-corrected chi connectivity index (χ2v) is 2.14. The van der Waals surface area contributed by atoms with Crippen molar-refractivity contribution in [3.05, 3.63) is 6.61 Å². The van der Waals surface area contributed by atoms with Crippen LogP contribution in [0.2, 0.25) is 0 Å². The van der Waals surface area contributed by atoms with Crippen molar-refractivity contribution < 1.29 is 20.4 Å². The standard InChI is InChI=1S/C6H13O4/c7-2-1-5(9)3-6(10)4-8/h2,5-10H,1,3-4H2. The number of rotatable bonds is 5. The Labute approximate surface area is 59.7 Å². The lowest BCUT2D eigenvalue weighted by Crippen LogP contribution is -2.20. The van der Waals surface area contributed by atoms with Crippen LogP contribution in [0.1, 0.15) is 12.8 Å². The number of hydrogen-bond acceptors (Lipinski definition) is 4. The fourth-order valence-corrected chi connectivity index (χ4v) is 0.606. The molecule has 10 heavy (non-hydrogen) atoms. The van der Waals surface area contributed by atoms with Crippen molar-refractivity contribution in [3.63, 3.8) is 0 Å². The van der Waals surface area contributed by atoms with E-state index in [2.05, 4.69) is 0 Å². The van der Waals surface area contributed by atoms with Gasteiger partial charge in [-0.2, -0.15) is 0 Å². The van der Waals surface area contributed by atoms with Gasteiger partial charge in [0, 0.05) is 12.8 Å². The van der Waals surface area contributed by atoms with Gasteiger partial charge in [-0.15, -0.1) is 0 Å². The summed E-state index contributed by atoms with van der Waals surface area (Å²) in [4.78, 5) is 0. The second kappa shape index (κ2) is 5.61. The van der Waals surface area contributed by atoms with Gasteiger partial charge in [-0.3, -0.25) is 0 Å². The van der Waals surface area contributed by atoms with Crippen molar-refractivity contribution in [2.24, 2.45) is 0 Å². The Kier molecular flexibility index (Phi) is 5.52. The van der Waals surface area contributed by atoms with Gasteiger partial charge in [0.2, 0.25) is 0 Å². The van der Waals surface area contributed by atoms with Gasteiger partial charge >= 0.3 is 0 Å². The molecule has 0 aliphatic heterocycles. The molecule has 4 heteroatoms. The first-order valence-electron chi connectivity index (χ1n) is 3.13. The Balaban J connectivity index is 3.27. The summed E-state index contributed by atoms with van der Waals surface area (Å²) in [5.74, 6) is 0. The molecule has 2 atom stereocenters. The Hall–Kier alpha value is -0.160. The van der Waals surface area contributed by atoms with E-state index in [0.717, 1.165) is 6.61 Å². The molecule has 2 unspecified atom stereocenters. The van der Waals surface area contributed by atoms with Crippen LogP contribution in [0.3, 0.4) is 0 Å². The quantitative estimate of drug-likeness (QED) is 0.405. The average Bonchev–Trinajstić information content (AvgIpc) is 1.88. The third-order valence-electron chi connectivity index (χ3n) is 1.13. The lowest BCUT2D eigenvalue weighted by Gasteiger charge is -2.11. The van der Waals surface area contributed by atoms with Gasteiger partial charge < -0.3 is 20.4 Å². The lowest BCUT2D eigenvalue weighted by atomic mass is 10.1. The van der Waals surface area contributed by atoms with E-state index in [9.17, 15) is 0 Å². The van der Waals surface area contributed by atoms with Crippen LogP contribution in [-0.4, -0.2) is 39.2 Å². The van der Waals surface area contributed by atoms with Crippen LogP contribution in [0, 0.1) is 6.61 Å². The molecule has 0 aromatic rings. The Morgan fingerprint density at radius 1 is 1.20 bits per heavy atom. The first-order chi connectivity index (χ1) is 4.70. The van der Waals surface area contributed by atoms with Crippen LogP contribution in [-0.2, 0) is 0 Å². The van der Waals surface area contributed by atoms with Crippen LogP contribution < -0.4 is 0 Å². The van der Waals surface area contributed by atoms with Crippen molar-refractivity contribution in [1.82, 2.24) is 0 Å². The monoisotopic (exact) mass is 149 g/mol. The molecule has 0 heterocycles. The Bertz CT molecular complexity index is 76.1.